The van der Waals surface area contributed by atoms with E-state index < -0.39 is 0 Å². The van der Waals surface area contributed by atoms with Crippen molar-refractivity contribution in [1.82, 2.24) is 0 Å². The van der Waals surface area contributed by atoms with Gasteiger partial charge in [0.15, 0.2) is 0 Å². The van der Waals surface area contributed by atoms with Gasteiger partial charge in [-0.1, -0.05) is 37.3 Å². The first-order valence-corrected chi connectivity index (χ1v) is 5.53. The number of rotatable bonds is 6. The van der Waals surface area contributed by atoms with Crippen molar-refractivity contribution in [3.05, 3.63) is 53.8 Å². The molecule has 0 saturated carbocycles. The highest BCUT2D eigenvalue weighted by Gasteiger charge is 2.08. The number of hydrogen-bond acceptors (Lipinski definition) is 1. The Hall–Kier alpha value is -1.30. The molecule has 0 heterocycles. The summed E-state index contributed by atoms with van der Waals surface area (Å²) in [5.74, 6) is 0.433. The Labute approximate surface area is 92.4 Å². The van der Waals surface area contributed by atoms with Crippen LogP contribution in [-0.2, 0) is 0 Å². The van der Waals surface area contributed by atoms with Gasteiger partial charge in [-0.05, 0) is 37.1 Å². The fourth-order valence-electron chi connectivity index (χ4n) is 1.50. The molecule has 1 heteroatoms. The zero-order chi connectivity index (χ0) is 10.9. The van der Waals surface area contributed by atoms with Crippen molar-refractivity contribution in [2.45, 2.75) is 19.8 Å². The Morgan fingerprint density at radius 1 is 1.40 bits per heavy atom. The molecule has 1 atom stereocenters. The first-order chi connectivity index (χ1) is 7.38. The second-order valence-electron chi connectivity index (χ2n) is 3.58. The summed E-state index contributed by atoms with van der Waals surface area (Å²) in [6.45, 7) is 2.83. The van der Waals surface area contributed by atoms with Crippen LogP contribution >= 0.6 is 0 Å². The van der Waals surface area contributed by atoms with E-state index in [0.29, 0.717) is 12.5 Å². The van der Waals surface area contributed by atoms with Gasteiger partial charge in [0.2, 0.25) is 0 Å². The molecule has 0 radical (unpaired) electrons. The number of allylic oxidation sites excluding steroid dienone is 6. The molecule has 15 heavy (non-hydrogen) atoms. The maximum Gasteiger partial charge on any atom is 0.000212 e. The molecule has 0 bridgehead atoms. The van der Waals surface area contributed by atoms with Gasteiger partial charge in [-0.25, -0.2) is 0 Å². The van der Waals surface area contributed by atoms with Crippen molar-refractivity contribution in [2.75, 3.05) is 6.54 Å². The van der Waals surface area contributed by atoms with Crippen molar-refractivity contribution in [3.63, 3.8) is 0 Å². The Balaban J connectivity index is 2.38. The zero-order valence-corrected chi connectivity index (χ0v) is 9.32. The van der Waals surface area contributed by atoms with Gasteiger partial charge in [0, 0.05) is 5.92 Å². The van der Waals surface area contributed by atoms with E-state index in [1.165, 1.54) is 5.57 Å². The molecular formula is C14H19N. The minimum Gasteiger partial charge on any atom is -0.330 e. The second kappa shape index (κ2) is 7.05. The fourth-order valence-corrected chi connectivity index (χ4v) is 1.50. The lowest BCUT2D eigenvalue weighted by Crippen LogP contribution is -2.14. The van der Waals surface area contributed by atoms with E-state index in [0.717, 1.165) is 12.8 Å². The molecule has 0 fully saturated rings. The average molecular weight is 201 g/mol. The van der Waals surface area contributed by atoms with Crippen LogP contribution < -0.4 is 5.73 Å². The van der Waals surface area contributed by atoms with Gasteiger partial charge in [0.25, 0.3) is 0 Å². The van der Waals surface area contributed by atoms with Crippen molar-refractivity contribution in [3.8, 4) is 0 Å². The third-order valence-corrected chi connectivity index (χ3v) is 2.42. The van der Waals surface area contributed by atoms with Gasteiger partial charge in [0.05, 0.1) is 0 Å². The highest BCUT2D eigenvalue weighted by atomic mass is 14.5. The first kappa shape index (κ1) is 11.8. The second-order valence-corrected chi connectivity index (χ2v) is 3.58. The summed E-state index contributed by atoms with van der Waals surface area (Å²) < 4.78 is 0. The third kappa shape index (κ3) is 4.16. The van der Waals surface area contributed by atoms with Gasteiger partial charge in [-0.2, -0.15) is 0 Å². The zero-order valence-electron chi connectivity index (χ0n) is 9.32. The van der Waals surface area contributed by atoms with Crippen molar-refractivity contribution in [1.29, 1.82) is 0 Å². The highest BCUT2D eigenvalue weighted by molar-refractivity contribution is 5.32. The van der Waals surface area contributed by atoms with Crippen molar-refractivity contribution in [2.24, 2.45) is 11.7 Å². The van der Waals surface area contributed by atoms with Crippen LogP contribution in [0.5, 0.6) is 0 Å². The predicted molar refractivity (Wildman–Crippen MR) is 66.5 cm³/mol. The Bertz CT molecular complexity index is 325. The van der Waals surface area contributed by atoms with E-state index in [1.54, 1.807) is 0 Å². The summed E-state index contributed by atoms with van der Waals surface area (Å²) in [5, 5.41) is 0. The van der Waals surface area contributed by atoms with Gasteiger partial charge in [0.1, 0.15) is 0 Å². The molecule has 1 aliphatic rings. The quantitative estimate of drug-likeness (QED) is 0.518. The molecule has 0 aromatic carbocycles. The summed E-state index contributed by atoms with van der Waals surface area (Å²) in [4.78, 5) is 0. The lowest BCUT2D eigenvalue weighted by Gasteiger charge is -2.11. The maximum atomic E-state index is 5.74. The smallest absolute Gasteiger partial charge is 0.000212 e. The third-order valence-electron chi connectivity index (χ3n) is 2.42. The van der Waals surface area contributed by atoms with Gasteiger partial charge >= 0.3 is 0 Å². The molecule has 1 aliphatic carbocycles. The highest BCUT2D eigenvalue weighted by Crippen LogP contribution is 2.18. The minimum atomic E-state index is 0.433. The summed E-state index contributed by atoms with van der Waals surface area (Å²) in [5.41, 5.74) is 10.1. The monoisotopic (exact) mass is 201 g/mol. The van der Waals surface area contributed by atoms with Crippen LogP contribution in [-0.4, -0.2) is 6.54 Å². The summed E-state index contributed by atoms with van der Waals surface area (Å²) in [6.07, 6.45) is 16.6. The molecule has 0 amide bonds. The van der Waals surface area contributed by atoms with E-state index in [9.17, 15) is 0 Å². The Morgan fingerprint density at radius 3 is 2.80 bits per heavy atom. The maximum absolute atomic E-state index is 5.74. The molecule has 0 aromatic heterocycles. The van der Waals surface area contributed by atoms with E-state index in [2.05, 4.69) is 43.0 Å². The minimum absolute atomic E-state index is 0.433. The molecular weight excluding hydrogens is 182 g/mol. The SMILES string of the molecule is CC/C=C\C=C/CC(CN)C1=CC=C=C1. The standard InChI is InChI=1S/C14H19N/c1-2-3-4-5-6-11-14(12-15)13-9-7-8-10-13/h3-7,9-10,14H,2,11-12,15H2,1H3/b4-3-,6-5-. The number of hydrogen-bond donors (Lipinski definition) is 1. The molecule has 0 aliphatic heterocycles. The van der Waals surface area contributed by atoms with Crippen LogP contribution in [0.25, 0.3) is 0 Å². The lowest BCUT2D eigenvalue weighted by molar-refractivity contribution is 0.650. The van der Waals surface area contributed by atoms with Crippen molar-refractivity contribution < 1.29 is 0 Å². The largest absolute Gasteiger partial charge is 0.330 e. The van der Waals surface area contributed by atoms with Crippen molar-refractivity contribution >= 4 is 0 Å². The van der Waals surface area contributed by atoms with Crippen LogP contribution in [0.4, 0.5) is 0 Å². The first-order valence-electron chi connectivity index (χ1n) is 5.53. The topological polar surface area (TPSA) is 26.0 Å². The Morgan fingerprint density at radius 2 is 2.20 bits per heavy atom. The van der Waals surface area contributed by atoms with Gasteiger partial charge in [-0.3, -0.25) is 0 Å². The normalized spacial score (nSPS) is 16.8. The van der Waals surface area contributed by atoms with E-state index in [4.69, 9.17) is 5.73 Å². The van der Waals surface area contributed by atoms with E-state index in [-0.39, 0.29) is 0 Å². The molecule has 1 nitrogen and oxygen atoms in total. The molecule has 1 rings (SSSR count). The van der Waals surface area contributed by atoms with Crippen LogP contribution in [0.3, 0.4) is 0 Å². The van der Waals surface area contributed by atoms with Gasteiger partial charge < -0.3 is 5.73 Å². The van der Waals surface area contributed by atoms with Crippen LogP contribution in [0.1, 0.15) is 19.8 Å². The van der Waals surface area contributed by atoms with Gasteiger partial charge in [-0.15, -0.1) is 5.73 Å². The van der Waals surface area contributed by atoms with Crippen LogP contribution in [0.2, 0.25) is 0 Å². The summed E-state index contributed by atoms with van der Waals surface area (Å²) in [7, 11) is 0. The Kier molecular flexibility index (Phi) is 5.54. The molecule has 0 aromatic rings. The molecule has 0 saturated heterocycles. The predicted octanol–water partition coefficient (Wildman–Crippen LogP) is 3.13. The fraction of sp³-hybridized carbons (Fsp3) is 0.357. The van der Waals surface area contributed by atoms with E-state index >= 15 is 0 Å². The summed E-state index contributed by atoms with van der Waals surface area (Å²) in [6, 6.07) is 0. The van der Waals surface area contributed by atoms with E-state index in [1.807, 2.05) is 12.2 Å². The average Bonchev–Trinajstić information content (AvgIpc) is 2.77. The lowest BCUT2D eigenvalue weighted by atomic mass is 9.96. The molecule has 80 valence electrons. The van der Waals surface area contributed by atoms with Crippen LogP contribution in [0.15, 0.2) is 53.8 Å². The summed E-state index contributed by atoms with van der Waals surface area (Å²) >= 11 is 0. The van der Waals surface area contributed by atoms with Crippen LogP contribution in [0, 0.1) is 5.92 Å². The molecule has 1 unspecified atom stereocenters. The number of nitrogens with two attached hydrogens (primary N) is 1. The molecule has 0 spiro atoms. The molecule has 2 N–H and O–H groups in total.